The molecule has 2 aliphatic rings. The van der Waals surface area contributed by atoms with E-state index in [9.17, 15) is 0 Å². The van der Waals surface area contributed by atoms with E-state index in [-0.39, 0.29) is 24.6 Å². The first-order valence-corrected chi connectivity index (χ1v) is 6.20. The Morgan fingerprint density at radius 3 is 2.50 bits per heavy atom. The van der Waals surface area contributed by atoms with Crippen LogP contribution in [-0.2, 0) is 18.9 Å². The fourth-order valence-electron chi connectivity index (χ4n) is 1.96. The molecule has 0 aromatic rings. The molecule has 2 rings (SSSR count). The Hall–Kier alpha value is 0.570. The number of alkyl halides is 1. The van der Waals surface area contributed by atoms with Crippen molar-refractivity contribution >= 4 is 22.6 Å². The molecule has 0 N–H and O–H groups in total. The lowest BCUT2D eigenvalue weighted by Crippen LogP contribution is -2.30. The Morgan fingerprint density at radius 2 is 1.93 bits per heavy atom. The molecule has 0 spiro atoms. The summed E-state index contributed by atoms with van der Waals surface area (Å²) < 4.78 is 23.3. The molecular weight excluding hydrogens is 299 g/mol. The highest BCUT2D eigenvalue weighted by molar-refractivity contribution is 14.1. The first-order chi connectivity index (χ1) is 6.57. The van der Waals surface area contributed by atoms with Crippen LogP contribution in [0.25, 0.3) is 0 Å². The average molecular weight is 314 g/mol. The van der Waals surface area contributed by atoms with E-state index in [0.717, 1.165) is 4.43 Å². The molecule has 2 saturated heterocycles. The zero-order valence-corrected chi connectivity index (χ0v) is 10.7. The molecule has 4 nitrogen and oxygen atoms in total. The largest absolute Gasteiger partial charge is 0.353 e. The number of fused-ring (bicyclic) bond motifs is 1. The molecule has 0 radical (unpaired) electrons. The van der Waals surface area contributed by atoms with Gasteiger partial charge < -0.3 is 18.9 Å². The molecule has 2 fully saturated rings. The van der Waals surface area contributed by atoms with Crippen molar-refractivity contribution in [3.63, 3.8) is 0 Å². The van der Waals surface area contributed by atoms with Crippen molar-refractivity contribution in [2.45, 2.75) is 44.2 Å². The predicted octanol–water partition coefficient (Wildman–Crippen LogP) is 1.31. The van der Waals surface area contributed by atoms with Crippen LogP contribution in [0.1, 0.15) is 13.8 Å². The van der Waals surface area contributed by atoms with Gasteiger partial charge in [0.25, 0.3) is 0 Å². The maximum Gasteiger partial charge on any atom is 0.186 e. The van der Waals surface area contributed by atoms with Crippen LogP contribution in [0.4, 0.5) is 0 Å². The van der Waals surface area contributed by atoms with Crippen LogP contribution >= 0.6 is 22.6 Å². The minimum atomic E-state index is -0.514. The fourth-order valence-corrected chi connectivity index (χ4v) is 2.67. The van der Waals surface area contributed by atoms with Gasteiger partial charge in [-0.05, 0) is 13.8 Å². The standard InChI is InChI=1S/C9H15IO4/c1-9(2)13-6-5(4-10)12-8(11-3)7(6)14-9/h5-8H,4H2,1-3H3/t5-,6+,7-,8+/m1/s1. The summed E-state index contributed by atoms with van der Waals surface area (Å²) in [6.45, 7) is 3.84. The van der Waals surface area contributed by atoms with Crippen LogP contribution in [0.3, 0.4) is 0 Å². The van der Waals surface area contributed by atoms with Crippen molar-refractivity contribution in [2.24, 2.45) is 0 Å². The molecular formula is C9H15IO4. The van der Waals surface area contributed by atoms with Crippen LogP contribution < -0.4 is 0 Å². The number of rotatable bonds is 2. The van der Waals surface area contributed by atoms with Crippen LogP contribution in [0.15, 0.2) is 0 Å². The molecule has 0 bridgehead atoms. The van der Waals surface area contributed by atoms with Gasteiger partial charge in [-0.1, -0.05) is 22.6 Å². The van der Waals surface area contributed by atoms with E-state index in [2.05, 4.69) is 22.6 Å². The first-order valence-electron chi connectivity index (χ1n) is 4.67. The maximum absolute atomic E-state index is 5.78. The second kappa shape index (κ2) is 3.86. The second-order valence-corrected chi connectivity index (χ2v) is 4.88. The molecule has 2 aliphatic heterocycles. The quantitative estimate of drug-likeness (QED) is 0.569. The molecule has 4 atom stereocenters. The average Bonchev–Trinajstić information content (AvgIpc) is 2.57. The Balaban J connectivity index is 2.12. The monoisotopic (exact) mass is 314 g/mol. The Kier molecular flexibility index (Phi) is 3.05. The summed E-state index contributed by atoms with van der Waals surface area (Å²) >= 11 is 2.29. The van der Waals surface area contributed by atoms with E-state index in [1.165, 1.54) is 0 Å². The van der Waals surface area contributed by atoms with Crippen molar-refractivity contribution in [3.8, 4) is 0 Å². The lowest BCUT2D eigenvalue weighted by molar-refractivity contribution is -0.223. The number of hydrogen-bond acceptors (Lipinski definition) is 4. The Bertz CT molecular complexity index is 201. The highest BCUT2D eigenvalue weighted by Gasteiger charge is 2.55. The molecule has 2 heterocycles. The van der Waals surface area contributed by atoms with E-state index in [1.807, 2.05) is 13.8 Å². The van der Waals surface area contributed by atoms with E-state index in [4.69, 9.17) is 18.9 Å². The highest BCUT2D eigenvalue weighted by atomic mass is 127. The summed E-state index contributed by atoms with van der Waals surface area (Å²) in [5.74, 6) is -0.514. The van der Waals surface area contributed by atoms with Gasteiger partial charge >= 0.3 is 0 Å². The summed E-state index contributed by atoms with van der Waals surface area (Å²) in [4.78, 5) is 0. The van der Waals surface area contributed by atoms with Gasteiger partial charge in [-0.2, -0.15) is 0 Å². The summed E-state index contributed by atoms with van der Waals surface area (Å²) in [7, 11) is 1.63. The van der Waals surface area contributed by atoms with Gasteiger partial charge in [0.05, 0.1) is 6.10 Å². The maximum atomic E-state index is 5.78. The Morgan fingerprint density at radius 1 is 1.29 bits per heavy atom. The molecule has 0 aromatic carbocycles. The third kappa shape index (κ3) is 1.80. The zero-order valence-electron chi connectivity index (χ0n) is 8.53. The SMILES string of the molecule is CO[C@H]1O[C@H](CI)[C@@H]2OC(C)(C)O[C@@H]12. The van der Waals surface area contributed by atoms with Crippen molar-refractivity contribution in [2.75, 3.05) is 11.5 Å². The summed E-state index contributed by atoms with van der Waals surface area (Å²) in [6.07, 6.45) is -0.296. The topological polar surface area (TPSA) is 36.9 Å². The summed E-state index contributed by atoms with van der Waals surface area (Å²) in [5.41, 5.74) is 0. The van der Waals surface area contributed by atoms with Gasteiger partial charge in [-0.15, -0.1) is 0 Å². The van der Waals surface area contributed by atoms with Gasteiger partial charge in [0.15, 0.2) is 12.1 Å². The summed E-state index contributed by atoms with van der Waals surface area (Å²) in [5, 5.41) is 0. The third-order valence-corrected chi connectivity index (χ3v) is 3.36. The van der Waals surface area contributed by atoms with Gasteiger partial charge in [0.1, 0.15) is 12.2 Å². The summed E-state index contributed by atoms with van der Waals surface area (Å²) in [6, 6.07) is 0. The van der Waals surface area contributed by atoms with Crippen LogP contribution in [-0.4, -0.2) is 41.9 Å². The minimum absolute atomic E-state index is 0.00634. The van der Waals surface area contributed by atoms with Gasteiger partial charge in [-0.25, -0.2) is 0 Å². The van der Waals surface area contributed by atoms with E-state index in [0.29, 0.717) is 0 Å². The lowest BCUT2D eigenvalue weighted by Gasteiger charge is -2.22. The van der Waals surface area contributed by atoms with Crippen LogP contribution in [0, 0.1) is 0 Å². The van der Waals surface area contributed by atoms with Gasteiger partial charge in [-0.3, -0.25) is 0 Å². The van der Waals surface area contributed by atoms with Crippen molar-refractivity contribution in [1.29, 1.82) is 0 Å². The van der Waals surface area contributed by atoms with Crippen LogP contribution in [0.2, 0.25) is 0 Å². The zero-order chi connectivity index (χ0) is 10.3. The van der Waals surface area contributed by atoms with Crippen LogP contribution in [0.5, 0.6) is 0 Å². The third-order valence-electron chi connectivity index (χ3n) is 2.49. The first kappa shape index (κ1) is 11.1. The molecule has 0 aromatic heterocycles. The van der Waals surface area contributed by atoms with Crippen molar-refractivity contribution in [3.05, 3.63) is 0 Å². The molecule has 0 amide bonds. The van der Waals surface area contributed by atoms with E-state index < -0.39 is 5.79 Å². The fraction of sp³-hybridized carbons (Fsp3) is 1.00. The number of methoxy groups -OCH3 is 1. The van der Waals surface area contributed by atoms with Crippen molar-refractivity contribution in [1.82, 2.24) is 0 Å². The molecule has 82 valence electrons. The van der Waals surface area contributed by atoms with Gasteiger partial charge in [0.2, 0.25) is 0 Å². The molecule has 5 heteroatoms. The minimum Gasteiger partial charge on any atom is -0.353 e. The molecule has 0 saturated carbocycles. The van der Waals surface area contributed by atoms with Gasteiger partial charge in [0, 0.05) is 11.5 Å². The predicted molar refractivity (Wildman–Crippen MR) is 58.4 cm³/mol. The number of halogens is 1. The number of hydrogen-bond donors (Lipinski definition) is 0. The highest BCUT2D eigenvalue weighted by Crippen LogP contribution is 2.39. The Labute approximate surface area is 97.4 Å². The normalized spacial score (nSPS) is 45.4. The smallest absolute Gasteiger partial charge is 0.186 e. The molecule has 14 heavy (non-hydrogen) atoms. The van der Waals surface area contributed by atoms with Crippen molar-refractivity contribution < 1.29 is 18.9 Å². The lowest BCUT2D eigenvalue weighted by atomic mass is 10.2. The van der Waals surface area contributed by atoms with E-state index >= 15 is 0 Å². The molecule has 0 unspecified atom stereocenters. The second-order valence-electron chi connectivity index (χ2n) is 4.00. The van der Waals surface area contributed by atoms with E-state index in [1.54, 1.807) is 7.11 Å². The number of ether oxygens (including phenoxy) is 4. The molecule has 0 aliphatic carbocycles.